The fraction of sp³-hybridized carbons (Fsp3) is 0.678. The van der Waals surface area contributed by atoms with Gasteiger partial charge in [0.1, 0.15) is 34.7 Å². The van der Waals surface area contributed by atoms with Crippen LogP contribution in [0.1, 0.15) is 149 Å². The summed E-state index contributed by atoms with van der Waals surface area (Å²) < 4.78 is 43.6. The van der Waals surface area contributed by atoms with Gasteiger partial charge in [0.15, 0.2) is 11.6 Å². The van der Waals surface area contributed by atoms with Gasteiger partial charge in [-0.2, -0.15) is 0 Å². The Labute approximate surface area is 467 Å². The third-order valence-electron chi connectivity index (χ3n) is 17.4. The van der Waals surface area contributed by atoms with E-state index in [1.165, 1.54) is 26.4 Å². The van der Waals surface area contributed by atoms with E-state index < -0.39 is 82.9 Å². The summed E-state index contributed by atoms with van der Waals surface area (Å²) in [5.74, 6) is -6.05. The second-order valence-electron chi connectivity index (χ2n) is 22.2. The Morgan fingerprint density at radius 2 is 1.56 bits per heavy atom. The number of hydrogen-bond acceptors (Lipinski definition) is 15. The van der Waals surface area contributed by atoms with E-state index in [-0.39, 0.29) is 88.1 Å². The summed E-state index contributed by atoms with van der Waals surface area (Å²) in [6.07, 6.45) is 8.31. The van der Waals surface area contributed by atoms with Crippen LogP contribution in [0.2, 0.25) is 0 Å². The molecule has 4 N–H and O–H groups in total. The number of allylic oxidation sites excluding steroid dienone is 1. The van der Waals surface area contributed by atoms with Crippen LogP contribution in [0.25, 0.3) is 6.08 Å². The molecular formula is C59H85NaO15. The number of rotatable bonds is 17. The van der Waals surface area contributed by atoms with Crippen molar-refractivity contribution in [1.82, 2.24) is 0 Å². The first kappa shape index (κ1) is 62.7. The van der Waals surface area contributed by atoms with Crippen molar-refractivity contribution >= 4 is 23.6 Å². The summed E-state index contributed by atoms with van der Waals surface area (Å²) in [4.78, 5) is 38.5. The molecule has 16 heteroatoms. The number of aliphatic hydroxyl groups is 3. The van der Waals surface area contributed by atoms with Crippen molar-refractivity contribution in [3.05, 3.63) is 71.8 Å². The van der Waals surface area contributed by atoms with E-state index in [2.05, 4.69) is 20.8 Å². The maximum atomic E-state index is 14.4. The molecule has 0 radical (unpaired) electrons. The number of aliphatic carboxylic acids is 1. The maximum absolute atomic E-state index is 14.4. The second kappa shape index (κ2) is 26.2. The standard InChI is InChI=1S/C42H70O11.C17H16O4.Na/c1-11-29(38(46)47)31-15-14-23(4)36(50-31)27(8)34(44)26(7)35(45)30(12-2)37-24(5)22-25(6)41(51-37)19-16-32(43)42(53-41)21-20-39(10,52-42)33-17-18-40(48,13-3)28(9)49-33;1-20-13-10-15(19)17(16(11-13)21-2)14(18)9-8-12-6-4-3-5-7-12;/h16,19,23-34,36-37,43-44,48H,11-15,17-18,20-22H2,1-10H3,(H,46,47);3-11,19H,1-2H3;/q;;+1/p-1. The quantitative estimate of drug-likeness (QED) is 0.0696. The fourth-order valence-corrected chi connectivity index (χ4v) is 12.4. The third-order valence-corrected chi connectivity index (χ3v) is 17.4. The number of benzene rings is 2. The zero-order chi connectivity index (χ0) is 54.5. The molecule has 18 atom stereocenters. The van der Waals surface area contributed by atoms with Crippen LogP contribution >= 0.6 is 0 Å². The number of ketones is 2. The SMILES string of the molecule is CCC(C(=O)[O-])C1CCC(C)C(C(C)C(O)C(C)C(=O)C(CC)C2OC3(C=CC(O)C4(CCC(C)(C5CCC(O)(CC)C(C)O5)O4)O3)C(C)CC2C)O1.COc1cc(O)c(C(=O)C=Cc2ccccc2)c(OC)c1.[Na+]. The Bertz CT molecular complexity index is 2290. The zero-order valence-corrected chi connectivity index (χ0v) is 48.8. The zero-order valence-electron chi connectivity index (χ0n) is 46.8. The van der Waals surface area contributed by atoms with Gasteiger partial charge in [-0.1, -0.05) is 91.8 Å². The smallest absolute Gasteiger partial charge is 0.550 e. The largest absolute Gasteiger partial charge is 1.00 e. The Morgan fingerprint density at radius 3 is 2.16 bits per heavy atom. The molecule has 412 valence electrons. The van der Waals surface area contributed by atoms with Gasteiger partial charge in [-0.25, -0.2) is 0 Å². The molecule has 4 fully saturated rings. The number of aromatic hydroxyl groups is 1. The van der Waals surface area contributed by atoms with Gasteiger partial charge in [0.25, 0.3) is 0 Å². The summed E-state index contributed by atoms with van der Waals surface area (Å²) in [5, 5.41) is 56.0. The molecule has 0 bridgehead atoms. The van der Waals surface area contributed by atoms with Crippen molar-refractivity contribution in [2.24, 2.45) is 41.4 Å². The molecule has 7 rings (SSSR count). The van der Waals surface area contributed by atoms with Gasteiger partial charge < -0.3 is 63.5 Å². The van der Waals surface area contributed by atoms with E-state index in [1.54, 1.807) is 31.2 Å². The van der Waals surface area contributed by atoms with Crippen molar-refractivity contribution in [3.8, 4) is 17.2 Å². The Hall–Kier alpha value is -3.19. The predicted molar refractivity (Wildman–Crippen MR) is 277 cm³/mol. The predicted octanol–water partition coefficient (Wildman–Crippen LogP) is 5.16. The van der Waals surface area contributed by atoms with Crippen molar-refractivity contribution < 1.29 is 103 Å². The van der Waals surface area contributed by atoms with Gasteiger partial charge in [-0.3, -0.25) is 9.59 Å². The molecular weight excluding hydrogens is 972 g/mol. The van der Waals surface area contributed by atoms with E-state index in [1.807, 2.05) is 71.9 Å². The molecule has 15 nitrogen and oxygen atoms in total. The number of phenols is 1. The Balaban J connectivity index is 0.000000395. The summed E-state index contributed by atoms with van der Waals surface area (Å²) in [6.45, 7) is 19.5. The molecule has 4 saturated heterocycles. The normalized spacial score (nSPS) is 35.6. The van der Waals surface area contributed by atoms with Crippen molar-refractivity contribution in [2.45, 2.75) is 199 Å². The number of carboxylic acids is 1. The number of carbonyl (C=O) groups is 3. The van der Waals surface area contributed by atoms with E-state index in [0.717, 1.165) is 12.0 Å². The number of Topliss-reactive ketones (excluding diaryl/α,β-unsaturated/α-hetero) is 1. The first-order valence-electron chi connectivity index (χ1n) is 27.1. The number of methoxy groups -OCH3 is 2. The molecule has 5 heterocycles. The van der Waals surface area contributed by atoms with Crippen molar-refractivity contribution in [1.29, 1.82) is 0 Å². The topological polar surface area (TPSA) is 220 Å². The van der Waals surface area contributed by atoms with E-state index in [0.29, 0.717) is 63.5 Å². The average Bonchev–Trinajstić information content (AvgIpc) is 3.73. The number of hydrogen-bond donors (Lipinski definition) is 4. The molecule has 5 aliphatic heterocycles. The van der Waals surface area contributed by atoms with E-state index in [9.17, 15) is 39.9 Å². The van der Waals surface area contributed by atoms with Crippen LogP contribution in [0.15, 0.2) is 60.7 Å². The first-order chi connectivity index (χ1) is 35.0. The Kier molecular flexibility index (Phi) is 21.9. The monoisotopic (exact) mass is 1060 g/mol. The number of ether oxygens (including phenoxy) is 7. The maximum Gasteiger partial charge on any atom is 1.00 e. The molecule has 0 aromatic heterocycles. The summed E-state index contributed by atoms with van der Waals surface area (Å²) in [7, 11) is 2.91. The van der Waals surface area contributed by atoms with Crippen molar-refractivity contribution in [2.75, 3.05) is 14.2 Å². The van der Waals surface area contributed by atoms with E-state index >= 15 is 0 Å². The Morgan fingerprint density at radius 1 is 0.880 bits per heavy atom. The van der Waals surface area contributed by atoms with Gasteiger partial charge in [-0.05, 0) is 107 Å². The molecule has 2 aromatic carbocycles. The molecule has 0 saturated carbocycles. The van der Waals surface area contributed by atoms with Crippen LogP contribution in [-0.2, 0) is 33.3 Å². The molecule has 5 aliphatic rings. The number of carbonyl (C=O) groups excluding carboxylic acids is 3. The first-order valence-corrected chi connectivity index (χ1v) is 27.1. The third kappa shape index (κ3) is 13.5. The van der Waals surface area contributed by atoms with Gasteiger partial charge in [-0.15, -0.1) is 0 Å². The summed E-state index contributed by atoms with van der Waals surface area (Å²) >= 11 is 0. The second-order valence-corrected chi connectivity index (χ2v) is 22.2. The average molecular weight is 1060 g/mol. The molecule has 2 spiro atoms. The molecule has 0 aliphatic carbocycles. The molecule has 0 amide bonds. The van der Waals surface area contributed by atoms with Crippen LogP contribution in [-0.4, -0.2) is 118 Å². The van der Waals surface area contributed by atoms with Crippen LogP contribution in [0, 0.1) is 41.4 Å². The molecule has 2 aromatic rings. The number of phenolic OH excluding ortho intramolecular Hbond substituents is 1. The van der Waals surface area contributed by atoms with Crippen LogP contribution < -0.4 is 44.1 Å². The summed E-state index contributed by atoms with van der Waals surface area (Å²) in [5.41, 5.74) is -0.619. The minimum atomic E-state index is -1.37. The minimum Gasteiger partial charge on any atom is -0.550 e. The van der Waals surface area contributed by atoms with Crippen molar-refractivity contribution in [3.63, 3.8) is 0 Å². The van der Waals surface area contributed by atoms with Gasteiger partial charge in [0.05, 0.1) is 62.0 Å². The van der Waals surface area contributed by atoms with Gasteiger partial charge in [0, 0.05) is 54.1 Å². The fourth-order valence-electron chi connectivity index (χ4n) is 12.4. The van der Waals surface area contributed by atoms with Gasteiger partial charge >= 0.3 is 29.6 Å². The van der Waals surface area contributed by atoms with Gasteiger partial charge in [0.2, 0.25) is 5.79 Å². The number of aliphatic hydroxyl groups excluding tert-OH is 2. The summed E-state index contributed by atoms with van der Waals surface area (Å²) in [6, 6.07) is 12.4. The number of carboxylic acid groups (broad SMARTS) is 1. The van der Waals surface area contributed by atoms with Crippen LogP contribution in [0.3, 0.4) is 0 Å². The minimum absolute atomic E-state index is 0. The molecule has 18 unspecified atom stereocenters. The van der Waals surface area contributed by atoms with Crippen LogP contribution in [0.4, 0.5) is 0 Å². The van der Waals surface area contributed by atoms with E-state index in [4.69, 9.17) is 33.2 Å². The molecule has 75 heavy (non-hydrogen) atoms. The van der Waals surface area contributed by atoms with Crippen LogP contribution in [0.5, 0.6) is 17.2 Å².